The second-order valence-electron chi connectivity index (χ2n) is 3.82. The zero-order chi connectivity index (χ0) is 12.3. The monoisotopic (exact) mass is 252 g/mol. The van der Waals surface area contributed by atoms with Crippen LogP contribution in [-0.4, -0.2) is 35.7 Å². The lowest BCUT2D eigenvalue weighted by Gasteiger charge is -2.20. The van der Waals surface area contributed by atoms with Crippen LogP contribution >= 0.6 is 11.8 Å². The van der Waals surface area contributed by atoms with Gasteiger partial charge in [0.15, 0.2) is 0 Å². The molecule has 0 aromatic heterocycles. The highest BCUT2D eigenvalue weighted by molar-refractivity contribution is 8.00. The maximum atomic E-state index is 11.9. The number of methoxy groups -OCH3 is 1. The average Bonchev–Trinajstić information content (AvgIpc) is 2.76. The Balaban J connectivity index is 1.97. The normalized spacial score (nSPS) is 19.2. The zero-order valence-corrected chi connectivity index (χ0v) is 10.8. The van der Waals surface area contributed by atoms with E-state index < -0.39 is 0 Å². The van der Waals surface area contributed by atoms with Crippen LogP contribution in [0.5, 0.6) is 5.75 Å². The largest absolute Gasteiger partial charge is 0.497 e. The van der Waals surface area contributed by atoms with E-state index in [1.54, 1.807) is 18.9 Å². The Labute approximate surface area is 105 Å². The summed E-state index contributed by atoms with van der Waals surface area (Å²) >= 11 is 1.80. The molecule has 1 aliphatic rings. The Bertz CT molecular complexity index is 394. The van der Waals surface area contributed by atoms with Crippen molar-refractivity contribution in [1.29, 1.82) is 0 Å². The number of anilines is 1. The lowest BCUT2D eigenvalue weighted by atomic mass is 10.3. The van der Waals surface area contributed by atoms with Crippen LogP contribution in [-0.2, 0) is 0 Å². The van der Waals surface area contributed by atoms with Gasteiger partial charge >= 0.3 is 6.03 Å². The van der Waals surface area contributed by atoms with Crippen molar-refractivity contribution in [3.8, 4) is 5.75 Å². The number of carbonyl (C=O) groups excluding carboxylic acids is 1. The van der Waals surface area contributed by atoms with Crippen molar-refractivity contribution in [3.05, 3.63) is 24.3 Å². The molecule has 1 unspecified atom stereocenters. The number of thioether (sulfide) groups is 1. The molecule has 1 aliphatic heterocycles. The standard InChI is InChI=1S/C12H16N2O2S/c1-9-14(7-8-17-9)12(15)13-10-3-5-11(16-2)6-4-10/h3-6,9H,7-8H2,1-2H3,(H,13,15). The Hall–Kier alpha value is -1.36. The third-order valence-electron chi connectivity index (χ3n) is 2.73. The van der Waals surface area contributed by atoms with Crippen LogP contribution < -0.4 is 10.1 Å². The van der Waals surface area contributed by atoms with E-state index in [1.807, 2.05) is 36.1 Å². The third kappa shape index (κ3) is 2.85. The predicted molar refractivity (Wildman–Crippen MR) is 70.6 cm³/mol. The molecule has 1 N–H and O–H groups in total. The van der Waals surface area contributed by atoms with Gasteiger partial charge in [-0.15, -0.1) is 11.8 Å². The van der Waals surface area contributed by atoms with Gasteiger partial charge in [0.1, 0.15) is 5.75 Å². The lowest BCUT2D eigenvalue weighted by molar-refractivity contribution is 0.216. The van der Waals surface area contributed by atoms with Crippen LogP contribution in [0, 0.1) is 0 Å². The number of nitrogens with one attached hydrogen (secondary N) is 1. The first-order valence-electron chi connectivity index (χ1n) is 5.54. The van der Waals surface area contributed by atoms with Crippen LogP contribution in [0.15, 0.2) is 24.3 Å². The summed E-state index contributed by atoms with van der Waals surface area (Å²) in [6.45, 7) is 2.86. The molecule has 1 aromatic carbocycles. The number of carbonyl (C=O) groups is 1. The summed E-state index contributed by atoms with van der Waals surface area (Å²) in [5.74, 6) is 1.80. The summed E-state index contributed by atoms with van der Waals surface area (Å²) in [5.41, 5.74) is 0.792. The van der Waals surface area contributed by atoms with Gasteiger partial charge in [-0.05, 0) is 31.2 Å². The molecule has 0 aliphatic carbocycles. The highest BCUT2D eigenvalue weighted by Gasteiger charge is 2.25. The van der Waals surface area contributed by atoms with Crippen molar-refractivity contribution in [3.63, 3.8) is 0 Å². The molecule has 92 valence electrons. The number of hydrogen-bond donors (Lipinski definition) is 1. The van der Waals surface area contributed by atoms with Crippen LogP contribution in [0.2, 0.25) is 0 Å². The molecule has 0 radical (unpaired) electrons. The average molecular weight is 252 g/mol. The fourth-order valence-corrected chi connectivity index (χ4v) is 2.75. The Morgan fingerprint density at radius 2 is 2.18 bits per heavy atom. The molecule has 0 bridgehead atoms. The van der Waals surface area contributed by atoms with Gasteiger partial charge in [-0.3, -0.25) is 0 Å². The Kier molecular flexibility index (Phi) is 3.78. The van der Waals surface area contributed by atoms with E-state index in [0.29, 0.717) is 0 Å². The maximum Gasteiger partial charge on any atom is 0.322 e. The minimum absolute atomic E-state index is 0.0346. The van der Waals surface area contributed by atoms with E-state index >= 15 is 0 Å². The number of ether oxygens (including phenoxy) is 1. The molecular weight excluding hydrogens is 236 g/mol. The maximum absolute atomic E-state index is 11.9. The van der Waals surface area contributed by atoms with Gasteiger partial charge in [-0.25, -0.2) is 4.79 Å². The highest BCUT2D eigenvalue weighted by atomic mass is 32.2. The van der Waals surface area contributed by atoms with Crippen molar-refractivity contribution < 1.29 is 9.53 Å². The molecule has 0 saturated carbocycles. The van der Waals surface area contributed by atoms with Gasteiger partial charge in [-0.1, -0.05) is 0 Å². The first-order valence-corrected chi connectivity index (χ1v) is 6.59. The van der Waals surface area contributed by atoms with Crippen LogP contribution in [0.25, 0.3) is 0 Å². The molecule has 1 atom stereocenters. The summed E-state index contributed by atoms with van der Waals surface area (Å²) < 4.78 is 5.06. The summed E-state index contributed by atoms with van der Waals surface area (Å²) in [4.78, 5) is 13.8. The van der Waals surface area contributed by atoms with E-state index in [-0.39, 0.29) is 11.4 Å². The highest BCUT2D eigenvalue weighted by Crippen LogP contribution is 2.24. The molecule has 1 fully saturated rings. The van der Waals surface area contributed by atoms with Gasteiger partial charge < -0.3 is 15.0 Å². The minimum Gasteiger partial charge on any atom is -0.497 e. The second kappa shape index (κ2) is 5.31. The predicted octanol–water partition coefficient (Wildman–Crippen LogP) is 2.62. The molecule has 0 spiro atoms. The summed E-state index contributed by atoms with van der Waals surface area (Å²) in [6, 6.07) is 7.30. The van der Waals surface area contributed by atoms with Crippen molar-refractivity contribution in [1.82, 2.24) is 4.90 Å². The first kappa shape index (κ1) is 12.1. The molecule has 1 saturated heterocycles. The lowest BCUT2D eigenvalue weighted by Crippen LogP contribution is -2.36. The third-order valence-corrected chi connectivity index (χ3v) is 3.89. The summed E-state index contributed by atoms with van der Waals surface area (Å²) in [6.07, 6.45) is 0. The van der Waals surface area contributed by atoms with Crippen LogP contribution in [0.1, 0.15) is 6.92 Å². The molecule has 4 nitrogen and oxygen atoms in total. The molecule has 1 heterocycles. The Morgan fingerprint density at radius 3 is 2.71 bits per heavy atom. The molecule has 2 amide bonds. The quantitative estimate of drug-likeness (QED) is 0.879. The van der Waals surface area contributed by atoms with Gasteiger partial charge in [0.05, 0.1) is 12.5 Å². The zero-order valence-electron chi connectivity index (χ0n) is 9.97. The number of nitrogens with zero attached hydrogens (tertiary/aromatic N) is 1. The van der Waals surface area contributed by atoms with E-state index in [4.69, 9.17) is 4.74 Å². The van der Waals surface area contributed by atoms with E-state index in [2.05, 4.69) is 5.32 Å². The fourth-order valence-electron chi connectivity index (χ4n) is 1.73. The smallest absolute Gasteiger partial charge is 0.322 e. The Morgan fingerprint density at radius 1 is 1.47 bits per heavy atom. The van der Waals surface area contributed by atoms with Crippen LogP contribution in [0.3, 0.4) is 0 Å². The molecular formula is C12H16N2O2S. The first-order chi connectivity index (χ1) is 8.20. The summed E-state index contributed by atoms with van der Waals surface area (Å²) in [7, 11) is 1.62. The van der Waals surface area contributed by atoms with Crippen molar-refractivity contribution in [2.75, 3.05) is 24.7 Å². The van der Waals surface area contributed by atoms with Gasteiger partial charge in [0, 0.05) is 18.0 Å². The topological polar surface area (TPSA) is 41.6 Å². The second-order valence-corrected chi connectivity index (χ2v) is 5.25. The van der Waals surface area contributed by atoms with E-state index in [9.17, 15) is 4.79 Å². The number of amides is 2. The number of urea groups is 1. The van der Waals surface area contributed by atoms with E-state index in [0.717, 1.165) is 23.7 Å². The van der Waals surface area contributed by atoms with Gasteiger partial charge in [-0.2, -0.15) is 0 Å². The SMILES string of the molecule is COc1ccc(NC(=O)N2CCSC2C)cc1. The van der Waals surface area contributed by atoms with Crippen molar-refractivity contribution >= 4 is 23.5 Å². The molecule has 17 heavy (non-hydrogen) atoms. The van der Waals surface area contributed by atoms with Crippen molar-refractivity contribution in [2.24, 2.45) is 0 Å². The number of benzene rings is 1. The molecule has 1 aromatic rings. The van der Waals surface area contributed by atoms with E-state index in [1.165, 1.54) is 0 Å². The van der Waals surface area contributed by atoms with Gasteiger partial charge in [0.25, 0.3) is 0 Å². The van der Waals surface area contributed by atoms with Crippen molar-refractivity contribution in [2.45, 2.75) is 12.3 Å². The molecule has 2 rings (SSSR count). The number of rotatable bonds is 2. The minimum atomic E-state index is -0.0346. The van der Waals surface area contributed by atoms with Crippen LogP contribution in [0.4, 0.5) is 10.5 Å². The molecule has 5 heteroatoms. The number of hydrogen-bond acceptors (Lipinski definition) is 3. The fraction of sp³-hybridized carbons (Fsp3) is 0.417. The van der Waals surface area contributed by atoms with Gasteiger partial charge in [0.2, 0.25) is 0 Å². The summed E-state index contributed by atoms with van der Waals surface area (Å²) in [5, 5.41) is 3.14.